The number of hydrogen-bond acceptors (Lipinski definition) is 4. The van der Waals surface area contributed by atoms with Crippen molar-refractivity contribution in [2.24, 2.45) is 0 Å². The molecule has 1 aromatic heterocycles. The number of nitrogen functional groups attached to an aromatic ring is 1. The van der Waals surface area contributed by atoms with E-state index in [1.807, 2.05) is 30.9 Å². The van der Waals surface area contributed by atoms with Gasteiger partial charge in [0.1, 0.15) is 5.82 Å². The first-order valence-electron chi connectivity index (χ1n) is 6.87. The van der Waals surface area contributed by atoms with E-state index in [1.165, 1.54) is 0 Å². The summed E-state index contributed by atoms with van der Waals surface area (Å²) < 4.78 is 0. The van der Waals surface area contributed by atoms with E-state index in [1.54, 1.807) is 0 Å². The lowest BCUT2D eigenvalue weighted by Gasteiger charge is -2.35. The summed E-state index contributed by atoms with van der Waals surface area (Å²) in [6, 6.07) is 3.85. The molecule has 0 atom stereocenters. The topological polar surface area (TPSA) is 62.5 Å². The highest BCUT2D eigenvalue weighted by Crippen LogP contribution is 2.18. The van der Waals surface area contributed by atoms with Crippen molar-refractivity contribution in [2.45, 2.75) is 26.7 Å². The molecule has 2 N–H and O–H groups in total. The van der Waals surface area contributed by atoms with Crippen LogP contribution in [-0.2, 0) is 4.79 Å². The predicted molar refractivity (Wildman–Crippen MR) is 77.1 cm³/mol. The highest BCUT2D eigenvalue weighted by Gasteiger charge is 2.21. The lowest BCUT2D eigenvalue weighted by Crippen LogP contribution is -2.49. The van der Waals surface area contributed by atoms with E-state index in [2.05, 4.69) is 9.88 Å². The molecule has 1 amide bonds. The average molecular weight is 262 g/mol. The number of piperazine rings is 1. The fourth-order valence-electron chi connectivity index (χ4n) is 2.29. The number of carbonyl (C=O) groups excluding carboxylic acids is 1. The van der Waals surface area contributed by atoms with E-state index in [-0.39, 0.29) is 5.91 Å². The van der Waals surface area contributed by atoms with Gasteiger partial charge in [0, 0.05) is 32.6 Å². The first-order chi connectivity index (χ1) is 9.11. The molecule has 0 radical (unpaired) electrons. The van der Waals surface area contributed by atoms with E-state index in [0.29, 0.717) is 6.42 Å². The zero-order valence-corrected chi connectivity index (χ0v) is 11.7. The van der Waals surface area contributed by atoms with Crippen LogP contribution in [0, 0.1) is 6.92 Å². The van der Waals surface area contributed by atoms with Crippen LogP contribution in [-0.4, -0.2) is 42.0 Å². The Morgan fingerprint density at radius 2 is 2.00 bits per heavy atom. The van der Waals surface area contributed by atoms with Gasteiger partial charge < -0.3 is 15.5 Å². The Bertz CT molecular complexity index is 453. The monoisotopic (exact) mass is 262 g/mol. The van der Waals surface area contributed by atoms with Crippen molar-refractivity contribution in [1.82, 2.24) is 9.88 Å². The molecule has 5 heteroatoms. The second-order valence-corrected chi connectivity index (χ2v) is 4.96. The molecule has 0 saturated carbocycles. The molecule has 1 aliphatic rings. The number of rotatable bonds is 3. The van der Waals surface area contributed by atoms with E-state index in [4.69, 9.17) is 5.73 Å². The number of aromatic nitrogens is 1. The van der Waals surface area contributed by atoms with Gasteiger partial charge in [0.25, 0.3) is 0 Å². The van der Waals surface area contributed by atoms with E-state index in [9.17, 15) is 4.79 Å². The zero-order valence-electron chi connectivity index (χ0n) is 11.7. The van der Waals surface area contributed by atoms with Crippen LogP contribution in [0.2, 0.25) is 0 Å². The van der Waals surface area contributed by atoms with Crippen LogP contribution in [0.4, 0.5) is 11.5 Å². The fourth-order valence-corrected chi connectivity index (χ4v) is 2.29. The summed E-state index contributed by atoms with van der Waals surface area (Å²) >= 11 is 0. The predicted octanol–water partition coefficient (Wildman–Crippen LogP) is 1.42. The maximum absolute atomic E-state index is 11.8. The smallest absolute Gasteiger partial charge is 0.222 e. The molecule has 2 heterocycles. The number of amides is 1. The minimum Gasteiger partial charge on any atom is -0.397 e. The Hall–Kier alpha value is -1.78. The molecule has 104 valence electrons. The zero-order chi connectivity index (χ0) is 13.8. The van der Waals surface area contributed by atoms with Crippen molar-refractivity contribution in [3.63, 3.8) is 0 Å². The van der Waals surface area contributed by atoms with Crippen LogP contribution in [0.15, 0.2) is 12.1 Å². The third kappa shape index (κ3) is 3.16. The number of hydrogen-bond donors (Lipinski definition) is 1. The van der Waals surface area contributed by atoms with Crippen LogP contribution in [0.5, 0.6) is 0 Å². The highest BCUT2D eigenvalue weighted by atomic mass is 16.2. The summed E-state index contributed by atoms with van der Waals surface area (Å²) in [5, 5.41) is 0. The minimum absolute atomic E-state index is 0.267. The van der Waals surface area contributed by atoms with Gasteiger partial charge >= 0.3 is 0 Å². The van der Waals surface area contributed by atoms with Gasteiger partial charge in [0.15, 0.2) is 0 Å². The molecular weight excluding hydrogens is 240 g/mol. The largest absolute Gasteiger partial charge is 0.397 e. The van der Waals surface area contributed by atoms with Gasteiger partial charge in [-0.05, 0) is 25.5 Å². The molecule has 0 spiro atoms. The summed E-state index contributed by atoms with van der Waals surface area (Å²) in [5.41, 5.74) is 7.37. The van der Waals surface area contributed by atoms with Crippen molar-refractivity contribution < 1.29 is 4.79 Å². The number of pyridine rings is 1. The van der Waals surface area contributed by atoms with Gasteiger partial charge in [-0.25, -0.2) is 4.98 Å². The molecule has 5 nitrogen and oxygen atoms in total. The lowest BCUT2D eigenvalue weighted by atomic mass is 10.2. The van der Waals surface area contributed by atoms with Crippen molar-refractivity contribution in [3.8, 4) is 0 Å². The van der Waals surface area contributed by atoms with Crippen LogP contribution in [0.25, 0.3) is 0 Å². The van der Waals surface area contributed by atoms with E-state index >= 15 is 0 Å². The van der Waals surface area contributed by atoms with Crippen LogP contribution >= 0.6 is 0 Å². The summed E-state index contributed by atoms with van der Waals surface area (Å²) in [6.45, 7) is 7.20. The standard InChI is InChI=1S/C14H22N4O/c1-3-4-14(19)18-9-7-17(8-10-18)13-6-5-12(15)11(2)16-13/h5-6H,3-4,7-10,15H2,1-2H3. The molecule has 1 aliphatic heterocycles. The normalized spacial score (nSPS) is 15.7. The number of anilines is 2. The summed E-state index contributed by atoms with van der Waals surface area (Å²) in [5.74, 6) is 1.22. The first kappa shape index (κ1) is 13.6. The molecule has 0 unspecified atom stereocenters. The van der Waals surface area contributed by atoms with Gasteiger partial charge in [-0.15, -0.1) is 0 Å². The second kappa shape index (κ2) is 5.91. The molecule has 0 aromatic carbocycles. The van der Waals surface area contributed by atoms with E-state index in [0.717, 1.165) is 49.8 Å². The maximum atomic E-state index is 11.8. The Morgan fingerprint density at radius 3 is 2.58 bits per heavy atom. The lowest BCUT2D eigenvalue weighted by molar-refractivity contribution is -0.131. The average Bonchev–Trinajstić information content (AvgIpc) is 2.42. The SMILES string of the molecule is CCCC(=O)N1CCN(c2ccc(N)c(C)n2)CC1. The summed E-state index contributed by atoms with van der Waals surface area (Å²) in [7, 11) is 0. The maximum Gasteiger partial charge on any atom is 0.222 e. The van der Waals surface area contributed by atoms with Crippen molar-refractivity contribution in [3.05, 3.63) is 17.8 Å². The first-order valence-corrected chi connectivity index (χ1v) is 6.87. The number of carbonyl (C=O) groups is 1. The number of nitrogens with zero attached hydrogens (tertiary/aromatic N) is 3. The molecule has 1 saturated heterocycles. The Balaban J connectivity index is 1.96. The van der Waals surface area contributed by atoms with Crippen molar-refractivity contribution in [2.75, 3.05) is 36.8 Å². The highest BCUT2D eigenvalue weighted by molar-refractivity contribution is 5.76. The molecule has 0 aliphatic carbocycles. The summed E-state index contributed by atoms with van der Waals surface area (Å²) in [6.07, 6.45) is 1.57. The van der Waals surface area contributed by atoms with Gasteiger partial charge in [-0.2, -0.15) is 0 Å². The van der Waals surface area contributed by atoms with E-state index < -0.39 is 0 Å². The Kier molecular flexibility index (Phi) is 4.24. The molecule has 1 aromatic rings. The minimum atomic E-state index is 0.267. The molecule has 2 rings (SSSR count). The van der Waals surface area contributed by atoms with Crippen molar-refractivity contribution in [1.29, 1.82) is 0 Å². The molecule has 1 fully saturated rings. The van der Waals surface area contributed by atoms with Gasteiger partial charge in [-0.3, -0.25) is 4.79 Å². The number of aryl methyl sites for hydroxylation is 1. The van der Waals surface area contributed by atoms with Gasteiger partial charge in [-0.1, -0.05) is 6.92 Å². The quantitative estimate of drug-likeness (QED) is 0.895. The molecule has 0 bridgehead atoms. The van der Waals surface area contributed by atoms with Gasteiger partial charge in [0.2, 0.25) is 5.91 Å². The molecule has 19 heavy (non-hydrogen) atoms. The van der Waals surface area contributed by atoms with Crippen LogP contribution < -0.4 is 10.6 Å². The van der Waals surface area contributed by atoms with Crippen LogP contribution in [0.3, 0.4) is 0 Å². The molecular formula is C14H22N4O. The second-order valence-electron chi connectivity index (χ2n) is 4.96. The fraction of sp³-hybridized carbons (Fsp3) is 0.571. The third-order valence-corrected chi connectivity index (χ3v) is 3.53. The third-order valence-electron chi connectivity index (χ3n) is 3.53. The number of nitrogens with two attached hydrogens (primary N) is 1. The van der Waals surface area contributed by atoms with Gasteiger partial charge in [0.05, 0.1) is 11.4 Å². The van der Waals surface area contributed by atoms with Crippen LogP contribution in [0.1, 0.15) is 25.5 Å². The Morgan fingerprint density at radius 1 is 1.32 bits per heavy atom. The Labute approximate surface area is 114 Å². The van der Waals surface area contributed by atoms with Crippen molar-refractivity contribution >= 4 is 17.4 Å². The summed E-state index contributed by atoms with van der Waals surface area (Å²) in [4.78, 5) is 20.5.